The molecular weight excluding hydrogens is 138 g/mol. The number of hydrogen-bond acceptors (Lipinski definition) is 2. The molecular formula is C5H15NO2S. The van der Waals surface area contributed by atoms with Gasteiger partial charge in [0, 0.05) is 0 Å². The minimum absolute atomic E-state index is 0.884. The van der Waals surface area contributed by atoms with Gasteiger partial charge in [-0.2, -0.15) is 0 Å². The molecule has 0 aliphatic rings. The van der Waals surface area contributed by atoms with Crippen molar-refractivity contribution in [1.82, 2.24) is 0 Å². The van der Waals surface area contributed by atoms with E-state index in [4.69, 9.17) is 8.42 Å². The Morgan fingerprint density at radius 3 is 1.56 bits per heavy atom. The maximum absolute atomic E-state index is 8.81. The fourth-order valence-electron chi connectivity index (χ4n) is 0. The average Bonchev–Trinajstić information content (AvgIpc) is 1.65. The highest BCUT2D eigenvalue weighted by Crippen LogP contribution is 1.93. The lowest BCUT2D eigenvalue weighted by Crippen LogP contribution is -1.85. The van der Waals surface area contributed by atoms with E-state index >= 15 is 0 Å². The van der Waals surface area contributed by atoms with Crippen LogP contribution in [-0.4, -0.2) is 8.42 Å². The Kier molecular flexibility index (Phi) is 10.3. The molecule has 0 saturated heterocycles. The van der Waals surface area contributed by atoms with Crippen LogP contribution in [0.3, 0.4) is 0 Å². The Hall–Kier alpha value is -0.0900. The monoisotopic (exact) mass is 153 g/mol. The summed E-state index contributed by atoms with van der Waals surface area (Å²) in [6.45, 7) is 6.64. The predicted molar refractivity (Wildman–Crippen MR) is 39.6 cm³/mol. The second-order valence-corrected chi connectivity index (χ2v) is 2.66. The molecule has 0 aliphatic heterocycles. The van der Waals surface area contributed by atoms with E-state index in [9.17, 15) is 0 Å². The van der Waals surface area contributed by atoms with E-state index in [2.05, 4.69) is 25.9 Å². The zero-order valence-electron chi connectivity index (χ0n) is 6.13. The van der Waals surface area contributed by atoms with Crippen molar-refractivity contribution in [2.75, 3.05) is 0 Å². The minimum Gasteiger partial charge on any atom is -0.231 e. The van der Waals surface area contributed by atoms with Crippen LogP contribution >= 0.6 is 0 Å². The summed E-state index contributed by atoms with van der Waals surface area (Å²) in [6, 6.07) is 0. The van der Waals surface area contributed by atoms with E-state index < -0.39 is 10.9 Å². The highest BCUT2D eigenvalue weighted by Gasteiger charge is 1.80. The third-order valence-corrected chi connectivity index (χ3v) is 0.816. The van der Waals surface area contributed by atoms with Gasteiger partial charge in [0.1, 0.15) is 0 Å². The van der Waals surface area contributed by atoms with Crippen molar-refractivity contribution >= 4 is 10.9 Å². The summed E-state index contributed by atoms with van der Waals surface area (Å²) in [7, 11) is -2.62. The van der Waals surface area contributed by atoms with Crippen molar-refractivity contribution in [3.63, 3.8) is 0 Å². The Morgan fingerprint density at radius 2 is 1.56 bits per heavy atom. The maximum atomic E-state index is 8.81. The molecule has 0 aliphatic carbocycles. The van der Waals surface area contributed by atoms with Crippen LogP contribution in [0.15, 0.2) is 0 Å². The van der Waals surface area contributed by atoms with Crippen molar-refractivity contribution < 1.29 is 8.42 Å². The van der Waals surface area contributed by atoms with Gasteiger partial charge in [-0.1, -0.05) is 27.2 Å². The first kappa shape index (κ1) is 11.7. The van der Waals surface area contributed by atoms with Crippen LogP contribution in [0.25, 0.3) is 0 Å². The van der Waals surface area contributed by atoms with Gasteiger partial charge in [0.05, 0.1) is 0 Å². The standard InChI is InChI=1S/C5H12.H3NO2S/c1-4-5(2)3;1-4(2)3/h5H,4H2,1-3H3;4H,(H2,1,2,3). The molecule has 0 amide bonds. The summed E-state index contributed by atoms with van der Waals surface area (Å²) in [5.41, 5.74) is 0. The molecule has 0 atom stereocenters. The van der Waals surface area contributed by atoms with Crippen LogP contribution in [-0.2, 0) is 10.9 Å². The van der Waals surface area contributed by atoms with Gasteiger partial charge in [0.25, 0.3) is 0 Å². The van der Waals surface area contributed by atoms with Crippen LogP contribution < -0.4 is 5.14 Å². The van der Waals surface area contributed by atoms with Crippen molar-refractivity contribution in [2.45, 2.75) is 27.2 Å². The van der Waals surface area contributed by atoms with E-state index in [0.29, 0.717) is 0 Å². The summed E-state index contributed by atoms with van der Waals surface area (Å²) in [5, 5.41) is 4.06. The van der Waals surface area contributed by atoms with Crippen molar-refractivity contribution in [3.05, 3.63) is 0 Å². The van der Waals surface area contributed by atoms with E-state index in [1.54, 1.807) is 0 Å². The normalized spacial score (nSPS) is 9.11. The van der Waals surface area contributed by atoms with E-state index in [0.717, 1.165) is 5.92 Å². The summed E-state index contributed by atoms with van der Waals surface area (Å²) >= 11 is 0. The summed E-state index contributed by atoms with van der Waals surface area (Å²) in [4.78, 5) is 0. The first-order chi connectivity index (χ1) is 4.00. The summed E-state index contributed by atoms with van der Waals surface area (Å²) in [6.07, 6.45) is 1.31. The van der Waals surface area contributed by atoms with Crippen molar-refractivity contribution in [2.24, 2.45) is 11.1 Å². The largest absolute Gasteiger partial charge is 0.231 e. The van der Waals surface area contributed by atoms with Crippen LogP contribution in [0.5, 0.6) is 0 Å². The molecule has 0 unspecified atom stereocenters. The molecule has 58 valence electrons. The fourth-order valence-corrected chi connectivity index (χ4v) is 0. The minimum atomic E-state index is -2.62. The van der Waals surface area contributed by atoms with Gasteiger partial charge in [-0.05, 0) is 5.92 Å². The Balaban J connectivity index is 0. The summed E-state index contributed by atoms with van der Waals surface area (Å²) < 4.78 is 17.6. The number of hydrogen-bond donors (Lipinski definition) is 2. The lowest BCUT2D eigenvalue weighted by Gasteiger charge is -1.90. The molecule has 0 aromatic heterocycles. The van der Waals surface area contributed by atoms with Gasteiger partial charge < -0.3 is 0 Å². The average molecular weight is 153 g/mol. The van der Waals surface area contributed by atoms with Crippen LogP contribution in [0.2, 0.25) is 0 Å². The fraction of sp³-hybridized carbons (Fsp3) is 1.00. The van der Waals surface area contributed by atoms with Gasteiger partial charge >= 0.3 is 0 Å². The van der Waals surface area contributed by atoms with Gasteiger partial charge in [0.2, 0.25) is 0 Å². The quantitative estimate of drug-likeness (QED) is 0.540. The first-order valence-corrected chi connectivity index (χ1v) is 4.14. The van der Waals surface area contributed by atoms with Gasteiger partial charge in [-0.3, -0.25) is 0 Å². The third kappa shape index (κ3) is 75.7. The summed E-state index contributed by atoms with van der Waals surface area (Å²) in [5.74, 6) is 0.884. The number of rotatable bonds is 1. The van der Waals surface area contributed by atoms with Crippen LogP contribution in [0, 0.1) is 5.92 Å². The van der Waals surface area contributed by atoms with E-state index in [1.807, 2.05) is 0 Å². The Bertz CT molecular complexity index is 102. The zero-order valence-corrected chi connectivity index (χ0v) is 7.02. The molecule has 0 saturated carbocycles. The van der Waals surface area contributed by atoms with Crippen LogP contribution in [0.1, 0.15) is 27.2 Å². The SMILES string of the molecule is CCC(C)C.N[SH](=O)=O. The first-order valence-electron chi connectivity index (χ1n) is 2.89. The second-order valence-electron chi connectivity index (χ2n) is 2.09. The van der Waals surface area contributed by atoms with Crippen molar-refractivity contribution in [1.29, 1.82) is 0 Å². The predicted octanol–water partition coefficient (Wildman–Crippen LogP) is 0.524. The molecule has 0 aromatic carbocycles. The molecule has 0 aromatic rings. The van der Waals surface area contributed by atoms with E-state index in [1.165, 1.54) is 6.42 Å². The number of thiol groups is 1. The van der Waals surface area contributed by atoms with Gasteiger partial charge in [-0.25, -0.2) is 13.6 Å². The molecule has 4 heteroatoms. The van der Waals surface area contributed by atoms with Gasteiger partial charge in [-0.15, -0.1) is 0 Å². The van der Waals surface area contributed by atoms with Crippen LogP contribution in [0.4, 0.5) is 0 Å². The molecule has 9 heavy (non-hydrogen) atoms. The Morgan fingerprint density at radius 1 is 1.44 bits per heavy atom. The molecule has 0 rings (SSSR count). The topological polar surface area (TPSA) is 60.2 Å². The second kappa shape index (κ2) is 7.91. The molecule has 3 nitrogen and oxygen atoms in total. The molecule has 0 spiro atoms. The third-order valence-electron chi connectivity index (χ3n) is 0.816. The number of nitrogens with two attached hydrogens (primary N) is 1. The highest BCUT2D eigenvalue weighted by molar-refractivity contribution is 7.69. The van der Waals surface area contributed by atoms with Gasteiger partial charge in [0.15, 0.2) is 10.9 Å². The Labute approximate surface area is 58.3 Å². The zero-order chi connectivity index (χ0) is 7.86. The lowest BCUT2D eigenvalue weighted by atomic mass is 10.2. The smallest absolute Gasteiger partial charge is 0.198 e. The van der Waals surface area contributed by atoms with E-state index in [-0.39, 0.29) is 0 Å². The molecule has 0 bridgehead atoms. The maximum Gasteiger partial charge on any atom is 0.198 e. The van der Waals surface area contributed by atoms with Crippen molar-refractivity contribution in [3.8, 4) is 0 Å². The molecule has 0 radical (unpaired) electrons. The molecule has 2 N–H and O–H groups in total. The highest BCUT2D eigenvalue weighted by atomic mass is 32.2. The lowest BCUT2D eigenvalue weighted by molar-refractivity contribution is 0.616. The molecule has 0 fully saturated rings. The molecule has 0 heterocycles.